The second-order valence-corrected chi connectivity index (χ2v) is 3.95. The molecule has 0 atom stereocenters. The maximum atomic E-state index is 5.71. The highest BCUT2D eigenvalue weighted by atomic mass is 15.1. The van der Waals surface area contributed by atoms with Gasteiger partial charge >= 0.3 is 0 Å². The Labute approximate surface area is 104 Å². The first-order valence-corrected chi connectivity index (χ1v) is 6.04. The van der Waals surface area contributed by atoms with Crippen LogP contribution in [0.4, 0.5) is 5.69 Å². The van der Waals surface area contributed by atoms with Gasteiger partial charge in [-0.3, -0.25) is 4.99 Å². The molecule has 0 spiro atoms. The summed E-state index contributed by atoms with van der Waals surface area (Å²) in [6.45, 7) is 4.56. The molecule has 0 unspecified atom stereocenters. The highest BCUT2D eigenvalue weighted by Crippen LogP contribution is 2.09. The van der Waals surface area contributed by atoms with Crippen molar-refractivity contribution < 1.29 is 0 Å². The van der Waals surface area contributed by atoms with Gasteiger partial charge in [0.25, 0.3) is 0 Å². The SMILES string of the molecule is CCCN=C(N)NCCN(C)c1ccccc1. The molecule has 4 heteroatoms. The van der Waals surface area contributed by atoms with Gasteiger partial charge < -0.3 is 16.0 Å². The fourth-order valence-corrected chi connectivity index (χ4v) is 1.45. The molecule has 0 amide bonds. The lowest BCUT2D eigenvalue weighted by molar-refractivity contribution is 0.808. The van der Waals surface area contributed by atoms with Crippen molar-refractivity contribution >= 4 is 11.6 Å². The standard InChI is InChI=1S/C13H22N4/c1-3-9-15-13(14)16-10-11-17(2)12-7-5-4-6-8-12/h4-8H,3,9-11H2,1-2H3,(H3,14,15,16). The number of likely N-dealkylation sites (N-methyl/N-ethyl adjacent to an activating group) is 1. The van der Waals surface area contributed by atoms with Gasteiger partial charge in [0.1, 0.15) is 0 Å². The number of anilines is 1. The third kappa shape index (κ3) is 5.24. The Morgan fingerprint density at radius 2 is 2.06 bits per heavy atom. The largest absolute Gasteiger partial charge is 0.373 e. The molecule has 0 saturated heterocycles. The number of guanidine groups is 1. The van der Waals surface area contributed by atoms with E-state index in [2.05, 4.69) is 41.3 Å². The van der Waals surface area contributed by atoms with Gasteiger partial charge in [0, 0.05) is 32.4 Å². The van der Waals surface area contributed by atoms with Crippen LogP contribution in [0.15, 0.2) is 35.3 Å². The lowest BCUT2D eigenvalue weighted by Crippen LogP contribution is -2.37. The van der Waals surface area contributed by atoms with E-state index in [1.54, 1.807) is 0 Å². The lowest BCUT2D eigenvalue weighted by atomic mass is 10.3. The van der Waals surface area contributed by atoms with E-state index in [0.29, 0.717) is 5.96 Å². The Hall–Kier alpha value is -1.71. The molecular formula is C13H22N4. The summed E-state index contributed by atoms with van der Waals surface area (Å²) in [6.07, 6.45) is 1.02. The highest BCUT2D eigenvalue weighted by molar-refractivity contribution is 5.77. The summed E-state index contributed by atoms with van der Waals surface area (Å²) < 4.78 is 0. The maximum absolute atomic E-state index is 5.71. The zero-order valence-corrected chi connectivity index (χ0v) is 10.7. The summed E-state index contributed by atoms with van der Waals surface area (Å²) in [4.78, 5) is 6.36. The van der Waals surface area contributed by atoms with Gasteiger partial charge in [0.2, 0.25) is 0 Å². The number of nitrogens with two attached hydrogens (primary N) is 1. The zero-order chi connectivity index (χ0) is 12.5. The van der Waals surface area contributed by atoms with E-state index < -0.39 is 0 Å². The number of hydrogen-bond acceptors (Lipinski definition) is 2. The molecule has 1 aromatic rings. The van der Waals surface area contributed by atoms with Crippen molar-refractivity contribution in [2.45, 2.75) is 13.3 Å². The van der Waals surface area contributed by atoms with E-state index in [9.17, 15) is 0 Å². The molecule has 1 aromatic carbocycles. The second-order valence-electron chi connectivity index (χ2n) is 3.95. The molecule has 0 radical (unpaired) electrons. The number of nitrogens with one attached hydrogen (secondary N) is 1. The quantitative estimate of drug-likeness (QED) is 0.578. The van der Waals surface area contributed by atoms with E-state index >= 15 is 0 Å². The topological polar surface area (TPSA) is 53.6 Å². The minimum absolute atomic E-state index is 0.535. The molecule has 0 fully saturated rings. The summed E-state index contributed by atoms with van der Waals surface area (Å²) in [5.74, 6) is 0.535. The Morgan fingerprint density at radius 3 is 2.71 bits per heavy atom. The minimum atomic E-state index is 0.535. The van der Waals surface area contributed by atoms with Crippen LogP contribution in [0.1, 0.15) is 13.3 Å². The van der Waals surface area contributed by atoms with Gasteiger partial charge in [-0.25, -0.2) is 0 Å². The number of para-hydroxylation sites is 1. The smallest absolute Gasteiger partial charge is 0.188 e. The van der Waals surface area contributed by atoms with E-state index in [4.69, 9.17) is 5.73 Å². The van der Waals surface area contributed by atoms with E-state index in [1.165, 1.54) is 5.69 Å². The molecule has 1 rings (SSSR count). The fraction of sp³-hybridized carbons (Fsp3) is 0.462. The number of aliphatic imine (C=N–C) groups is 1. The number of benzene rings is 1. The van der Waals surface area contributed by atoms with Crippen molar-refractivity contribution in [3.63, 3.8) is 0 Å². The average Bonchev–Trinajstić information content (AvgIpc) is 2.37. The Morgan fingerprint density at radius 1 is 1.35 bits per heavy atom. The van der Waals surface area contributed by atoms with Crippen LogP contribution in [0.25, 0.3) is 0 Å². The van der Waals surface area contributed by atoms with Crippen LogP contribution in [-0.2, 0) is 0 Å². The molecule has 0 aliphatic carbocycles. The third-order valence-electron chi connectivity index (χ3n) is 2.46. The van der Waals surface area contributed by atoms with Crippen molar-refractivity contribution in [3.8, 4) is 0 Å². The number of rotatable bonds is 6. The molecule has 4 nitrogen and oxygen atoms in total. The van der Waals surface area contributed by atoms with Crippen molar-refractivity contribution in [1.82, 2.24) is 5.32 Å². The molecule has 0 heterocycles. The Kier molecular flexibility index (Phi) is 5.93. The van der Waals surface area contributed by atoms with Crippen molar-refractivity contribution in [2.75, 3.05) is 31.6 Å². The second kappa shape index (κ2) is 7.54. The summed E-state index contributed by atoms with van der Waals surface area (Å²) in [5.41, 5.74) is 6.91. The normalized spacial score (nSPS) is 11.3. The van der Waals surface area contributed by atoms with Crippen LogP contribution in [-0.4, -0.2) is 32.6 Å². The van der Waals surface area contributed by atoms with Crippen LogP contribution in [0.5, 0.6) is 0 Å². The summed E-state index contributed by atoms with van der Waals surface area (Å²) in [7, 11) is 2.07. The van der Waals surface area contributed by atoms with Crippen molar-refractivity contribution in [1.29, 1.82) is 0 Å². The van der Waals surface area contributed by atoms with Crippen LogP contribution < -0.4 is 16.0 Å². The van der Waals surface area contributed by atoms with Crippen molar-refractivity contribution in [3.05, 3.63) is 30.3 Å². The zero-order valence-electron chi connectivity index (χ0n) is 10.7. The molecule has 0 aliphatic heterocycles. The molecule has 3 N–H and O–H groups in total. The molecule has 0 aliphatic rings. The number of nitrogens with zero attached hydrogens (tertiary/aromatic N) is 2. The molecule has 17 heavy (non-hydrogen) atoms. The maximum Gasteiger partial charge on any atom is 0.188 e. The summed E-state index contributed by atoms with van der Waals surface area (Å²) in [6, 6.07) is 10.3. The first-order chi connectivity index (χ1) is 8.24. The van der Waals surface area contributed by atoms with Gasteiger partial charge in [0.05, 0.1) is 0 Å². The summed E-state index contributed by atoms with van der Waals surface area (Å²) >= 11 is 0. The van der Waals surface area contributed by atoms with Gasteiger partial charge in [0.15, 0.2) is 5.96 Å². The Bertz CT molecular complexity index is 335. The van der Waals surface area contributed by atoms with Gasteiger partial charge in [-0.05, 0) is 18.6 Å². The van der Waals surface area contributed by atoms with Crippen LogP contribution in [0.2, 0.25) is 0 Å². The molecule has 0 saturated carbocycles. The lowest BCUT2D eigenvalue weighted by Gasteiger charge is -2.19. The first-order valence-electron chi connectivity index (χ1n) is 6.04. The third-order valence-corrected chi connectivity index (χ3v) is 2.46. The molecular weight excluding hydrogens is 212 g/mol. The fourth-order valence-electron chi connectivity index (χ4n) is 1.45. The van der Waals surface area contributed by atoms with Crippen LogP contribution in [0, 0.1) is 0 Å². The van der Waals surface area contributed by atoms with Crippen LogP contribution in [0.3, 0.4) is 0 Å². The highest BCUT2D eigenvalue weighted by Gasteiger charge is 1.99. The average molecular weight is 234 g/mol. The monoisotopic (exact) mass is 234 g/mol. The first kappa shape index (κ1) is 13.4. The number of hydrogen-bond donors (Lipinski definition) is 2. The predicted molar refractivity (Wildman–Crippen MR) is 74.5 cm³/mol. The summed E-state index contributed by atoms with van der Waals surface area (Å²) in [5, 5.41) is 3.10. The van der Waals surface area contributed by atoms with Crippen LogP contribution >= 0.6 is 0 Å². The van der Waals surface area contributed by atoms with E-state index in [0.717, 1.165) is 26.1 Å². The molecule has 0 bridgehead atoms. The van der Waals surface area contributed by atoms with Gasteiger partial charge in [-0.15, -0.1) is 0 Å². The van der Waals surface area contributed by atoms with E-state index in [1.807, 2.05) is 18.2 Å². The van der Waals surface area contributed by atoms with Crippen molar-refractivity contribution in [2.24, 2.45) is 10.7 Å². The minimum Gasteiger partial charge on any atom is -0.373 e. The Balaban J connectivity index is 2.27. The molecule has 94 valence electrons. The van der Waals surface area contributed by atoms with Gasteiger partial charge in [-0.1, -0.05) is 25.1 Å². The molecule has 0 aromatic heterocycles. The van der Waals surface area contributed by atoms with Gasteiger partial charge in [-0.2, -0.15) is 0 Å². The predicted octanol–water partition coefficient (Wildman–Crippen LogP) is 1.44. The van der Waals surface area contributed by atoms with E-state index in [-0.39, 0.29) is 0 Å².